The molecule has 2 nitrogen and oxygen atoms in total. The molecule has 90 valence electrons. The molecule has 0 aromatic carbocycles. The van der Waals surface area contributed by atoms with Crippen molar-refractivity contribution in [1.82, 2.24) is 0 Å². The summed E-state index contributed by atoms with van der Waals surface area (Å²) < 4.78 is 11.7. The van der Waals surface area contributed by atoms with Crippen LogP contribution in [0.2, 0.25) is 5.54 Å². The van der Waals surface area contributed by atoms with Gasteiger partial charge < -0.3 is 8.85 Å². The van der Waals surface area contributed by atoms with Crippen molar-refractivity contribution in [3.05, 3.63) is 0 Å². The Balaban J connectivity index is 2.48. The highest BCUT2D eigenvalue weighted by Gasteiger charge is 2.39. The standard InChI is InChI=1S/C12H26O2Si/c1-5-13-15(14-6-2)12(9-10(3)4)11-7-8-11/h10-12,15H,5-9H2,1-4H3. The molecule has 0 aliphatic heterocycles. The second-order valence-electron chi connectivity index (χ2n) is 4.91. The molecule has 0 aromatic heterocycles. The summed E-state index contributed by atoms with van der Waals surface area (Å²) in [7, 11) is -1.40. The van der Waals surface area contributed by atoms with Gasteiger partial charge in [0.25, 0.3) is 0 Å². The first-order chi connectivity index (χ1) is 7.19. The average molecular weight is 230 g/mol. The molecule has 1 aliphatic rings. The van der Waals surface area contributed by atoms with Gasteiger partial charge in [-0.3, -0.25) is 0 Å². The lowest BCUT2D eigenvalue weighted by Gasteiger charge is -2.26. The molecule has 0 spiro atoms. The molecular formula is C12H26O2Si. The van der Waals surface area contributed by atoms with Crippen molar-refractivity contribution in [2.24, 2.45) is 11.8 Å². The van der Waals surface area contributed by atoms with Crippen molar-refractivity contribution >= 4 is 9.28 Å². The summed E-state index contributed by atoms with van der Waals surface area (Å²) in [6, 6.07) is 0. The van der Waals surface area contributed by atoms with Crippen LogP contribution >= 0.6 is 0 Å². The van der Waals surface area contributed by atoms with Crippen molar-refractivity contribution in [1.29, 1.82) is 0 Å². The molecule has 1 fully saturated rings. The van der Waals surface area contributed by atoms with Crippen LogP contribution in [0.5, 0.6) is 0 Å². The Morgan fingerprint density at radius 3 is 2.00 bits per heavy atom. The van der Waals surface area contributed by atoms with E-state index >= 15 is 0 Å². The fraction of sp³-hybridized carbons (Fsp3) is 1.00. The largest absolute Gasteiger partial charge is 0.397 e. The maximum absolute atomic E-state index is 5.86. The van der Waals surface area contributed by atoms with Crippen LogP contribution in [0.4, 0.5) is 0 Å². The molecule has 1 unspecified atom stereocenters. The van der Waals surface area contributed by atoms with Gasteiger partial charge in [0.15, 0.2) is 0 Å². The predicted octanol–water partition coefficient (Wildman–Crippen LogP) is 3.11. The molecule has 3 heteroatoms. The normalized spacial score (nSPS) is 18.8. The van der Waals surface area contributed by atoms with Crippen LogP contribution in [0, 0.1) is 11.8 Å². The fourth-order valence-corrected chi connectivity index (χ4v) is 5.06. The first kappa shape index (κ1) is 13.2. The maximum atomic E-state index is 5.86. The smallest absolute Gasteiger partial charge is 0.324 e. The van der Waals surface area contributed by atoms with Crippen molar-refractivity contribution in [3.8, 4) is 0 Å². The fourth-order valence-electron chi connectivity index (χ4n) is 2.22. The van der Waals surface area contributed by atoms with E-state index in [0.717, 1.165) is 30.6 Å². The van der Waals surface area contributed by atoms with Gasteiger partial charge in [0.1, 0.15) is 0 Å². The third-order valence-corrected chi connectivity index (χ3v) is 5.82. The molecule has 1 rings (SSSR count). The van der Waals surface area contributed by atoms with Crippen molar-refractivity contribution in [3.63, 3.8) is 0 Å². The van der Waals surface area contributed by atoms with Gasteiger partial charge in [-0.15, -0.1) is 0 Å². The third-order valence-electron chi connectivity index (χ3n) is 2.98. The zero-order valence-corrected chi connectivity index (χ0v) is 11.8. The summed E-state index contributed by atoms with van der Waals surface area (Å²) in [5.41, 5.74) is 0.755. The van der Waals surface area contributed by atoms with Crippen molar-refractivity contribution in [2.45, 2.75) is 52.5 Å². The quantitative estimate of drug-likeness (QED) is 0.597. The zero-order valence-electron chi connectivity index (χ0n) is 10.7. The number of rotatable bonds is 8. The summed E-state index contributed by atoms with van der Waals surface area (Å²) in [4.78, 5) is 0. The van der Waals surface area contributed by atoms with Crippen molar-refractivity contribution in [2.75, 3.05) is 13.2 Å². The SMILES string of the molecule is CCO[SiH](OCC)C(CC(C)C)C1CC1. The minimum atomic E-state index is -1.40. The average Bonchev–Trinajstić information content (AvgIpc) is 2.97. The lowest BCUT2D eigenvalue weighted by Crippen LogP contribution is -2.31. The number of hydrogen-bond donors (Lipinski definition) is 0. The van der Waals surface area contributed by atoms with E-state index in [1.165, 1.54) is 19.3 Å². The van der Waals surface area contributed by atoms with E-state index < -0.39 is 9.28 Å². The molecule has 0 saturated heterocycles. The summed E-state index contributed by atoms with van der Waals surface area (Å²) in [5.74, 6) is 1.69. The Morgan fingerprint density at radius 1 is 1.13 bits per heavy atom. The minimum absolute atomic E-state index is 0.755. The maximum Gasteiger partial charge on any atom is 0.324 e. The summed E-state index contributed by atoms with van der Waals surface area (Å²) in [5, 5.41) is 0. The minimum Gasteiger partial charge on any atom is -0.397 e. The van der Waals surface area contributed by atoms with Crippen LogP contribution in [0.15, 0.2) is 0 Å². The molecule has 0 bridgehead atoms. The highest BCUT2D eigenvalue weighted by atomic mass is 28.3. The van der Waals surface area contributed by atoms with Crippen LogP contribution in [0.25, 0.3) is 0 Å². The van der Waals surface area contributed by atoms with E-state index in [1.54, 1.807) is 0 Å². The molecule has 1 atom stereocenters. The van der Waals surface area contributed by atoms with E-state index in [1.807, 2.05) is 0 Å². The van der Waals surface area contributed by atoms with Crippen LogP contribution in [-0.4, -0.2) is 22.5 Å². The topological polar surface area (TPSA) is 18.5 Å². The first-order valence-electron chi connectivity index (χ1n) is 6.42. The Labute approximate surface area is 96.2 Å². The summed E-state index contributed by atoms with van der Waals surface area (Å²) in [6.45, 7) is 10.4. The molecule has 0 N–H and O–H groups in total. The molecule has 15 heavy (non-hydrogen) atoms. The molecule has 0 amide bonds. The molecule has 0 heterocycles. The zero-order chi connectivity index (χ0) is 11.3. The molecule has 0 radical (unpaired) electrons. The van der Waals surface area contributed by atoms with Gasteiger partial charge in [0.2, 0.25) is 0 Å². The van der Waals surface area contributed by atoms with Gasteiger partial charge in [0.05, 0.1) is 0 Å². The van der Waals surface area contributed by atoms with Crippen LogP contribution in [0.1, 0.15) is 47.0 Å². The summed E-state index contributed by atoms with van der Waals surface area (Å²) in [6.07, 6.45) is 4.10. The monoisotopic (exact) mass is 230 g/mol. The third kappa shape index (κ3) is 4.66. The second-order valence-corrected chi connectivity index (χ2v) is 7.17. The molecule has 0 aromatic rings. The lowest BCUT2D eigenvalue weighted by atomic mass is 10.1. The molecule has 1 saturated carbocycles. The van der Waals surface area contributed by atoms with Gasteiger partial charge in [-0.05, 0) is 32.1 Å². The molecular weight excluding hydrogens is 204 g/mol. The van der Waals surface area contributed by atoms with Gasteiger partial charge in [-0.25, -0.2) is 0 Å². The van der Waals surface area contributed by atoms with Gasteiger partial charge >= 0.3 is 9.28 Å². The summed E-state index contributed by atoms with van der Waals surface area (Å²) >= 11 is 0. The van der Waals surface area contributed by atoms with E-state index in [9.17, 15) is 0 Å². The number of hydrogen-bond acceptors (Lipinski definition) is 2. The van der Waals surface area contributed by atoms with Gasteiger partial charge in [-0.1, -0.05) is 26.7 Å². The van der Waals surface area contributed by atoms with Gasteiger partial charge in [-0.2, -0.15) is 0 Å². The Bertz CT molecular complexity index is 163. The Kier molecular flexibility index (Phi) is 5.86. The first-order valence-corrected chi connectivity index (χ1v) is 8.03. The Hall–Kier alpha value is 0.137. The highest BCUT2D eigenvalue weighted by Crippen LogP contribution is 2.45. The van der Waals surface area contributed by atoms with Crippen LogP contribution in [0.3, 0.4) is 0 Å². The highest BCUT2D eigenvalue weighted by molar-refractivity contribution is 6.46. The second kappa shape index (κ2) is 6.66. The van der Waals surface area contributed by atoms with E-state index in [2.05, 4.69) is 27.7 Å². The van der Waals surface area contributed by atoms with Gasteiger partial charge in [0, 0.05) is 18.8 Å². The van der Waals surface area contributed by atoms with Crippen molar-refractivity contribution < 1.29 is 8.85 Å². The van der Waals surface area contributed by atoms with E-state index in [-0.39, 0.29) is 0 Å². The van der Waals surface area contributed by atoms with E-state index in [4.69, 9.17) is 8.85 Å². The molecule has 1 aliphatic carbocycles. The lowest BCUT2D eigenvalue weighted by molar-refractivity contribution is 0.195. The van der Waals surface area contributed by atoms with E-state index in [0.29, 0.717) is 0 Å². The predicted molar refractivity (Wildman–Crippen MR) is 66.3 cm³/mol. The Morgan fingerprint density at radius 2 is 1.67 bits per heavy atom. The van der Waals surface area contributed by atoms with Crippen LogP contribution in [-0.2, 0) is 8.85 Å². The van der Waals surface area contributed by atoms with Crippen LogP contribution < -0.4 is 0 Å².